The molecule has 19 heavy (non-hydrogen) atoms. The van der Waals surface area contributed by atoms with Crippen LogP contribution in [-0.4, -0.2) is 27.7 Å². The van der Waals surface area contributed by atoms with Crippen LogP contribution in [0, 0.1) is 6.92 Å². The highest BCUT2D eigenvalue weighted by Crippen LogP contribution is 2.30. The molecule has 0 saturated carbocycles. The molecule has 104 valence electrons. The lowest BCUT2D eigenvalue weighted by Crippen LogP contribution is -2.24. The van der Waals surface area contributed by atoms with Gasteiger partial charge < -0.3 is 16.2 Å². The number of nitrogens with one attached hydrogen (secondary N) is 1. The van der Waals surface area contributed by atoms with Crippen molar-refractivity contribution in [3.05, 3.63) is 10.9 Å². The quantitative estimate of drug-likeness (QED) is 0.757. The Morgan fingerprint density at radius 2 is 2.26 bits per heavy atom. The summed E-state index contributed by atoms with van der Waals surface area (Å²) in [5, 5.41) is 12.7. The number of nitrogen functional groups attached to an aromatic ring is 1. The molecule has 0 aromatic carbocycles. The van der Waals surface area contributed by atoms with Crippen molar-refractivity contribution in [2.24, 2.45) is 0 Å². The van der Waals surface area contributed by atoms with Gasteiger partial charge in [0.1, 0.15) is 5.82 Å². The normalized spacial score (nSPS) is 12.8. The summed E-state index contributed by atoms with van der Waals surface area (Å²) >= 11 is 1.64. The monoisotopic (exact) mass is 280 g/mol. The van der Waals surface area contributed by atoms with E-state index >= 15 is 0 Å². The predicted molar refractivity (Wildman–Crippen MR) is 80.6 cm³/mol. The Morgan fingerprint density at radius 3 is 2.95 bits per heavy atom. The minimum absolute atomic E-state index is 0.0138. The summed E-state index contributed by atoms with van der Waals surface area (Å²) in [5.74, 6) is 0.996. The molecular weight excluding hydrogens is 260 g/mol. The van der Waals surface area contributed by atoms with Crippen molar-refractivity contribution in [1.82, 2.24) is 9.97 Å². The molecule has 0 aliphatic carbocycles. The number of aryl methyl sites for hydroxylation is 1. The molecule has 0 amide bonds. The fourth-order valence-electron chi connectivity index (χ4n) is 2.02. The Morgan fingerprint density at radius 1 is 1.47 bits per heavy atom. The molecule has 0 aliphatic heterocycles. The van der Waals surface area contributed by atoms with E-state index < -0.39 is 0 Å². The molecule has 0 radical (unpaired) electrons. The van der Waals surface area contributed by atoms with E-state index in [9.17, 15) is 5.11 Å². The van der Waals surface area contributed by atoms with Crippen LogP contribution in [0.3, 0.4) is 0 Å². The van der Waals surface area contributed by atoms with Gasteiger partial charge in [-0.05, 0) is 19.4 Å². The van der Waals surface area contributed by atoms with Crippen LogP contribution in [0.2, 0.25) is 0 Å². The van der Waals surface area contributed by atoms with Gasteiger partial charge in [-0.25, -0.2) is 4.98 Å². The van der Waals surface area contributed by atoms with E-state index in [4.69, 9.17) is 5.73 Å². The van der Waals surface area contributed by atoms with E-state index in [1.807, 2.05) is 13.0 Å². The molecule has 5 nitrogen and oxygen atoms in total. The van der Waals surface area contributed by atoms with Gasteiger partial charge in [0.05, 0.1) is 22.9 Å². The first-order valence-electron chi connectivity index (χ1n) is 6.55. The third-order valence-corrected chi connectivity index (χ3v) is 4.03. The molecule has 0 saturated heterocycles. The lowest BCUT2D eigenvalue weighted by Gasteiger charge is -2.17. The van der Waals surface area contributed by atoms with Gasteiger partial charge in [0.25, 0.3) is 0 Å². The summed E-state index contributed by atoms with van der Waals surface area (Å²) in [6, 6.07) is 2.02. The van der Waals surface area contributed by atoms with Crippen LogP contribution >= 0.6 is 11.3 Å². The van der Waals surface area contributed by atoms with Crippen molar-refractivity contribution in [2.75, 3.05) is 17.7 Å². The average molecular weight is 280 g/mol. The number of unbranched alkanes of at least 4 members (excludes halogenated alkanes) is 1. The number of anilines is 2. The maximum atomic E-state index is 9.43. The van der Waals surface area contributed by atoms with Crippen LogP contribution in [0.1, 0.15) is 31.1 Å². The fraction of sp³-hybridized carbons (Fsp3) is 0.538. The van der Waals surface area contributed by atoms with Gasteiger partial charge in [-0.15, -0.1) is 11.3 Å². The lowest BCUT2D eigenvalue weighted by molar-refractivity contribution is 0.267. The van der Waals surface area contributed by atoms with Crippen molar-refractivity contribution >= 4 is 33.3 Å². The molecule has 2 aromatic rings. The Bertz CT molecular complexity index is 555. The Labute approximate surface area is 116 Å². The molecule has 0 fully saturated rings. The minimum Gasteiger partial charge on any atom is -0.394 e. The van der Waals surface area contributed by atoms with E-state index in [-0.39, 0.29) is 18.6 Å². The molecule has 4 N–H and O–H groups in total. The molecule has 2 aromatic heterocycles. The van der Waals surface area contributed by atoms with Crippen LogP contribution in [-0.2, 0) is 0 Å². The minimum atomic E-state index is 0.0138. The summed E-state index contributed by atoms with van der Waals surface area (Å²) < 4.78 is 1.00. The molecular formula is C13H20N4OS. The SMILES string of the molecule is CCCC[C@@H](CO)Nc1nc(N)nc2cc(C)sc12. The number of hydrogen-bond acceptors (Lipinski definition) is 6. The second-order valence-electron chi connectivity index (χ2n) is 4.67. The van der Waals surface area contributed by atoms with Crippen molar-refractivity contribution in [1.29, 1.82) is 0 Å². The maximum absolute atomic E-state index is 9.43. The van der Waals surface area contributed by atoms with E-state index in [1.54, 1.807) is 11.3 Å². The van der Waals surface area contributed by atoms with E-state index in [1.165, 1.54) is 4.88 Å². The predicted octanol–water partition coefficient (Wildman–Crippen LogP) is 2.54. The zero-order chi connectivity index (χ0) is 13.8. The Kier molecular flexibility index (Phi) is 4.55. The zero-order valence-corrected chi connectivity index (χ0v) is 12.1. The van der Waals surface area contributed by atoms with Crippen LogP contribution in [0.25, 0.3) is 10.2 Å². The highest BCUT2D eigenvalue weighted by atomic mass is 32.1. The van der Waals surface area contributed by atoms with Gasteiger partial charge in [-0.2, -0.15) is 4.98 Å². The topological polar surface area (TPSA) is 84.1 Å². The van der Waals surface area contributed by atoms with Gasteiger partial charge in [0.15, 0.2) is 0 Å². The smallest absolute Gasteiger partial charge is 0.222 e. The highest BCUT2D eigenvalue weighted by molar-refractivity contribution is 7.19. The molecule has 6 heteroatoms. The lowest BCUT2D eigenvalue weighted by atomic mass is 10.1. The summed E-state index contributed by atoms with van der Waals surface area (Å²) in [5.41, 5.74) is 6.60. The molecule has 0 spiro atoms. The van der Waals surface area contributed by atoms with Gasteiger partial charge in [0, 0.05) is 4.88 Å². The summed E-state index contributed by atoms with van der Waals surface area (Å²) in [6.07, 6.45) is 3.10. The largest absolute Gasteiger partial charge is 0.394 e. The first kappa shape index (κ1) is 14.0. The number of nitrogens with two attached hydrogens (primary N) is 1. The number of rotatable bonds is 6. The Hall–Kier alpha value is -1.40. The Balaban J connectivity index is 2.27. The second-order valence-corrected chi connectivity index (χ2v) is 5.92. The third-order valence-electron chi connectivity index (χ3n) is 2.98. The van der Waals surface area contributed by atoms with E-state index in [0.717, 1.165) is 35.3 Å². The first-order valence-corrected chi connectivity index (χ1v) is 7.36. The van der Waals surface area contributed by atoms with E-state index in [0.29, 0.717) is 0 Å². The molecule has 0 aliphatic rings. The summed E-state index contributed by atoms with van der Waals surface area (Å²) in [6.45, 7) is 4.26. The maximum Gasteiger partial charge on any atom is 0.222 e. The van der Waals surface area contributed by atoms with Gasteiger partial charge >= 0.3 is 0 Å². The zero-order valence-electron chi connectivity index (χ0n) is 11.3. The standard InChI is InChI=1S/C13H20N4OS/c1-3-4-5-9(7-18)15-12-11-10(6-8(2)19-11)16-13(14)17-12/h6,9,18H,3-5,7H2,1-2H3,(H3,14,15,16,17)/t9-/m0/s1. The number of aliphatic hydroxyl groups is 1. The summed E-state index contributed by atoms with van der Waals surface area (Å²) in [7, 11) is 0. The van der Waals surface area contributed by atoms with Crippen molar-refractivity contribution in [3.63, 3.8) is 0 Å². The molecule has 2 heterocycles. The third kappa shape index (κ3) is 3.33. The van der Waals surface area contributed by atoms with Crippen molar-refractivity contribution in [3.8, 4) is 0 Å². The van der Waals surface area contributed by atoms with Crippen LogP contribution < -0.4 is 11.1 Å². The van der Waals surface area contributed by atoms with Gasteiger partial charge in [-0.1, -0.05) is 19.8 Å². The van der Waals surface area contributed by atoms with Crippen LogP contribution in [0.4, 0.5) is 11.8 Å². The fourth-order valence-corrected chi connectivity index (χ4v) is 2.92. The van der Waals surface area contributed by atoms with Crippen LogP contribution in [0.15, 0.2) is 6.07 Å². The molecule has 1 atom stereocenters. The van der Waals surface area contributed by atoms with E-state index in [2.05, 4.69) is 22.2 Å². The van der Waals surface area contributed by atoms with Gasteiger partial charge in [0.2, 0.25) is 5.95 Å². The van der Waals surface area contributed by atoms with Crippen molar-refractivity contribution in [2.45, 2.75) is 39.2 Å². The number of nitrogens with zero attached hydrogens (tertiary/aromatic N) is 2. The highest BCUT2D eigenvalue weighted by Gasteiger charge is 2.13. The first-order chi connectivity index (χ1) is 9.13. The number of hydrogen-bond donors (Lipinski definition) is 3. The number of aromatic nitrogens is 2. The second kappa shape index (κ2) is 6.16. The molecule has 0 bridgehead atoms. The average Bonchev–Trinajstić information content (AvgIpc) is 2.74. The van der Waals surface area contributed by atoms with Crippen molar-refractivity contribution < 1.29 is 5.11 Å². The molecule has 2 rings (SSSR count). The number of fused-ring (bicyclic) bond motifs is 1. The van der Waals surface area contributed by atoms with Crippen LogP contribution in [0.5, 0.6) is 0 Å². The number of thiophene rings is 1. The summed E-state index contributed by atoms with van der Waals surface area (Å²) in [4.78, 5) is 9.67. The van der Waals surface area contributed by atoms with Gasteiger partial charge in [-0.3, -0.25) is 0 Å². The molecule has 0 unspecified atom stereocenters. The number of aliphatic hydroxyl groups excluding tert-OH is 1.